The van der Waals surface area contributed by atoms with E-state index in [-0.39, 0.29) is 22.6 Å². The van der Waals surface area contributed by atoms with Crippen LogP contribution in [0.1, 0.15) is 11.1 Å². The van der Waals surface area contributed by atoms with Crippen LogP contribution in [-0.2, 0) is 0 Å². The molecule has 0 saturated heterocycles. The zero-order valence-electron chi connectivity index (χ0n) is 18.6. The van der Waals surface area contributed by atoms with E-state index in [0.717, 1.165) is 24.3 Å². The molecule has 0 fully saturated rings. The number of halogens is 8. The van der Waals surface area contributed by atoms with Crippen molar-refractivity contribution in [3.63, 3.8) is 0 Å². The van der Waals surface area contributed by atoms with Crippen LogP contribution in [0.2, 0.25) is 0 Å². The van der Waals surface area contributed by atoms with Crippen LogP contribution in [0.15, 0.2) is 48.5 Å². The van der Waals surface area contributed by atoms with Gasteiger partial charge in [-0.1, -0.05) is 24.0 Å². The van der Waals surface area contributed by atoms with Crippen LogP contribution >= 0.6 is 0 Å². The van der Waals surface area contributed by atoms with Crippen LogP contribution in [0.25, 0.3) is 11.1 Å². The van der Waals surface area contributed by atoms with Gasteiger partial charge in [0.25, 0.3) is 0 Å². The predicted octanol–water partition coefficient (Wildman–Crippen LogP) is 8.01. The van der Waals surface area contributed by atoms with E-state index in [0.29, 0.717) is 0 Å². The van der Waals surface area contributed by atoms with E-state index >= 15 is 0 Å². The molecule has 0 N–H and O–H groups in total. The molecule has 38 heavy (non-hydrogen) atoms. The largest absolute Gasteiger partial charge is 0.451 e. The van der Waals surface area contributed by atoms with Gasteiger partial charge in [-0.25, -0.2) is 17.6 Å². The molecule has 0 radical (unpaired) electrons. The summed E-state index contributed by atoms with van der Waals surface area (Å²) in [5, 5.41) is 0. The third-order valence-corrected chi connectivity index (χ3v) is 5.14. The minimum atomic E-state index is -2.39. The number of terminal acetylenes is 2. The summed E-state index contributed by atoms with van der Waals surface area (Å²) in [5.41, 5.74) is -3.74. The maximum atomic E-state index is 14.9. The van der Waals surface area contributed by atoms with Crippen molar-refractivity contribution in [2.75, 3.05) is 0 Å². The highest BCUT2D eigenvalue weighted by atomic mass is 19.2. The van der Waals surface area contributed by atoms with Crippen LogP contribution in [0.5, 0.6) is 23.0 Å². The number of ether oxygens (including phenoxy) is 2. The Hall–Kier alpha value is -4.96. The van der Waals surface area contributed by atoms with E-state index in [1.807, 2.05) is 0 Å². The van der Waals surface area contributed by atoms with Crippen LogP contribution in [0.4, 0.5) is 35.1 Å². The van der Waals surface area contributed by atoms with Gasteiger partial charge in [0.1, 0.15) is 11.5 Å². The Morgan fingerprint density at radius 3 is 1.08 bits per heavy atom. The van der Waals surface area contributed by atoms with Gasteiger partial charge in [-0.2, -0.15) is 17.6 Å². The summed E-state index contributed by atoms with van der Waals surface area (Å²) in [5.74, 6) is -18.1. The van der Waals surface area contributed by atoms with Gasteiger partial charge in [-0.05, 0) is 36.4 Å². The van der Waals surface area contributed by atoms with Crippen LogP contribution in [-0.4, -0.2) is 0 Å². The normalized spacial score (nSPS) is 10.6. The standard InChI is InChI=1S/C28H10F8O2/c1-3-13-7-5-9-15(11-13)37-27-23(33)19(29)17(20(30)24(27)34)18-21(31)25(35)28(26(36)22(18)32)38-16-10-6-8-14(4-2)12-16/h1-2,5-12H. The molecule has 4 rings (SSSR count). The lowest BCUT2D eigenvalue weighted by atomic mass is 10.0. The lowest BCUT2D eigenvalue weighted by Gasteiger charge is -2.16. The first-order valence-electron chi connectivity index (χ1n) is 10.3. The van der Waals surface area contributed by atoms with Gasteiger partial charge in [0.05, 0.1) is 11.1 Å². The highest BCUT2D eigenvalue weighted by Gasteiger charge is 2.35. The average molecular weight is 530 g/mol. The summed E-state index contributed by atoms with van der Waals surface area (Å²) in [4.78, 5) is 0. The Morgan fingerprint density at radius 1 is 0.474 bits per heavy atom. The van der Waals surface area contributed by atoms with Crippen molar-refractivity contribution in [1.82, 2.24) is 0 Å². The fourth-order valence-electron chi connectivity index (χ4n) is 3.38. The van der Waals surface area contributed by atoms with E-state index in [1.165, 1.54) is 24.3 Å². The molecule has 190 valence electrons. The molecule has 0 spiro atoms. The van der Waals surface area contributed by atoms with Gasteiger partial charge < -0.3 is 9.47 Å². The first-order chi connectivity index (χ1) is 18.1. The molecule has 0 aliphatic rings. The first kappa shape index (κ1) is 26.1. The van der Waals surface area contributed by atoms with E-state index < -0.39 is 69.2 Å². The Bertz CT molecular complexity index is 1500. The van der Waals surface area contributed by atoms with Crippen molar-refractivity contribution < 1.29 is 44.6 Å². The van der Waals surface area contributed by atoms with Gasteiger partial charge in [0, 0.05) is 11.1 Å². The SMILES string of the molecule is C#Cc1cccc(Oc2c(F)c(F)c(-c3c(F)c(F)c(Oc4cccc(C#C)c4)c(F)c3F)c(F)c2F)c1. The van der Waals surface area contributed by atoms with Gasteiger partial charge in [-0.15, -0.1) is 12.8 Å². The third-order valence-electron chi connectivity index (χ3n) is 5.14. The fraction of sp³-hybridized carbons (Fsp3) is 0. The summed E-state index contributed by atoms with van der Waals surface area (Å²) < 4.78 is 128. The summed E-state index contributed by atoms with van der Waals surface area (Å²) in [6.45, 7) is 0. The molecule has 0 saturated carbocycles. The van der Waals surface area contributed by atoms with E-state index in [9.17, 15) is 35.1 Å². The number of hydrogen-bond donors (Lipinski definition) is 0. The maximum absolute atomic E-state index is 14.9. The zero-order valence-corrected chi connectivity index (χ0v) is 18.6. The summed E-state index contributed by atoms with van der Waals surface area (Å²) in [6.07, 6.45) is 10.4. The van der Waals surface area contributed by atoms with Crippen molar-refractivity contribution in [3.05, 3.63) is 106 Å². The van der Waals surface area contributed by atoms with E-state index in [1.54, 1.807) is 0 Å². The van der Waals surface area contributed by atoms with Crippen LogP contribution in [0.3, 0.4) is 0 Å². The molecule has 0 aliphatic heterocycles. The van der Waals surface area contributed by atoms with Crippen molar-refractivity contribution in [1.29, 1.82) is 0 Å². The molecule has 0 heterocycles. The Kier molecular flexibility index (Phi) is 7.00. The molecule has 0 atom stereocenters. The average Bonchev–Trinajstić information content (AvgIpc) is 2.93. The molecular weight excluding hydrogens is 520 g/mol. The molecule has 0 amide bonds. The zero-order chi connectivity index (χ0) is 27.7. The number of hydrogen-bond acceptors (Lipinski definition) is 2. The second-order valence-electron chi connectivity index (χ2n) is 7.47. The summed E-state index contributed by atoms with van der Waals surface area (Å²) >= 11 is 0. The lowest BCUT2D eigenvalue weighted by Crippen LogP contribution is -2.09. The molecular formula is C28H10F8O2. The van der Waals surface area contributed by atoms with Gasteiger partial charge in [0.15, 0.2) is 23.3 Å². The minimum Gasteiger partial charge on any atom is -0.451 e. The molecule has 10 heteroatoms. The minimum absolute atomic E-state index is 0.185. The maximum Gasteiger partial charge on any atom is 0.205 e. The monoisotopic (exact) mass is 530 g/mol. The van der Waals surface area contributed by atoms with E-state index in [2.05, 4.69) is 11.8 Å². The summed E-state index contributed by atoms with van der Waals surface area (Å²) in [7, 11) is 0. The topological polar surface area (TPSA) is 18.5 Å². The van der Waals surface area contributed by atoms with Gasteiger partial charge >= 0.3 is 0 Å². The smallest absolute Gasteiger partial charge is 0.205 e. The molecule has 2 nitrogen and oxygen atoms in total. The molecule has 0 aromatic heterocycles. The Labute approximate surface area is 210 Å². The molecule has 4 aromatic carbocycles. The van der Waals surface area contributed by atoms with Gasteiger partial charge in [0.2, 0.25) is 34.8 Å². The lowest BCUT2D eigenvalue weighted by molar-refractivity contribution is 0.360. The van der Waals surface area contributed by atoms with Crippen molar-refractivity contribution >= 4 is 0 Å². The first-order valence-corrected chi connectivity index (χ1v) is 10.3. The predicted molar refractivity (Wildman–Crippen MR) is 120 cm³/mol. The van der Waals surface area contributed by atoms with Crippen molar-refractivity contribution in [2.24, 2.45) is 0 Å². The van der Waals surface area contributed by atoms with E-state index in [4.69, 9.17) is 22.3 Å². The highest BCUT2D eigenvalue weighted by Crippen LogP contribution is 2.43. The summed E-state index contributed by atoms with van der Waals surface area (Å²) in [6, 6.07) is 9.94. The molecule has 4 aromatic rings. The molecule has 0 bridgehead atoms. The van der Waals surface area contributed by atoms with Gasteiger partial charge in [-0.3, -0.25) is 0 Å². The third kappa shape index (κ3) is 4.48. The van der Waals surface area contributed by atoms with Crippen molar-refractivity contribution in [3.8, 4) is 58.8 Å². The van der Waals surface area contributed by atoms with Crippen molar-refractivity contribution in [2.45, 2.75) is 0 Å². The van der Waals surface area contributed by atoms with Crippen LogP contribution in [0, 0.1) is 71.2 Å². The Morgan fingerprint density at radius 2 is 0.789 bits per heavy atom. The van der Waals surface area contributed by atoms with Crippen LogP contribution < -0.4 is 9.47 Å². The number of rotatable bonds is 5. The second-order valence-corrected chi connectivity index (χ2v) is 7.47. The Balaban J connectivity index is 1.85. The molecule has 0 aliphatic carbocycles. The molecule has 0 unspecified atom stereocenters. The second kappa shape index (κ2) is 10.2. The quantitative estimate of drug-likeness (QED) is 0.148. The fourth-order valence-corrected chi connectivity index (χ4v) is 3.38. The number of benzene rings is 4. The highest BCUT2D eigenvalue weighted by molar-refractivity contribution is 5.69.